The van der Waals surface area contributed by atoms with Crippen molar-refractivity contribution in [1.82, 2.24) is 0 Å². The quantitative estimate of drug-likeness (QED) is 0.177. The van der Waals surface area contributed by atoms with Crippen molar-refractivity contribution >= 4 is 20.1 Å². The summed E-state index contributed by atoms with van der Waals surface area (Å²) >= 11 is 1.55. The van der Waals surface area contributed by atoms with E-state index < -0.39 is 18.9 Å². The third-order valence-electron chi connectivity index (χ3n) is 9.58. The fourth-order valence-electron chi connectivity index (χ4n) is 6.23. The van der Waals surface area contributed by atoms with Crippen LogP contribution in [0.3, 0.4) is 0 Å². The Bertz CT molecular complexity index is 1010. The van der Waals surface area contributed by atoms with E-state index in [1.807, 2.05) is 6.08 Å². The lowest BCUT2D eigenvalue weighted by Gasteiger charge is -2.45. The molecule has 0 saturated heterocycles. The second-order valence-corrected chi connectivity index (χ2v) is 20.3. The molecule has 3 aliphatic carbocycles. The van der Waals surface area contributed by atoms with Gasteiger partial charge < -0.3 is 14.6 Å². The van der Waals surface area contributed by atoms with Crippen LogP contribution in [0, 0.1) is 11.3 Å². The standard InChI is InChI=1S/C33H54O3SSi/c1-11-27-17-18-28-25(14-12-20-32(27,28)8)15-16-26-22-33(35,37-21-13-19-31(6,7)34)23-29(24(26)2)36-38(9,10)30(3,4)5/h13,15-17,19,28-29,34-35H,2,11-12,14,18,20-23H2,1,3-10H3/t28-,29-,32+,33-/m0/s1. The molecular formula is C33H54O3SSi. The number of hydrogen-bond donors (Lipinski definition) is 2. The molecule has 38 heavy (non-hydrogen) atoms. The number of hydrogen-bond acceptors (Lipinski definition) is 4. The van der Waals surface area contributed by atoms with E-state index in [2.05, 4.69) is 72.5 Å². The van der Waals surface area contributed by atoms with Gasteiger partial charge in [-0.2, -0.15) is 0 Å². The number of fused-ring (bicyclic) bond motifs is 1. The lowest BCUT2D eigenvalue weighted by Crippen LogP contribution is -2.48. The molecule has 0 amide bonds. The van der Waals surface area contributed by atoms with Crippen molar-refractivity contribution in [1.29, 1.82) is 0 Å². The summed E-state index contributed by atoms with van der Waals surface area (Å²) in [6, 6.07) is 0. The molecule has 0 aromatic rings. The fourth-order valence-corrected chi connectivity index (χ4v) is 8.55. The van der Waals surface area contributed by atoms with E-state index in [1.165, 1.54) is 12.8 Å². The first kappa shape index (κ1) is 31.7. The summed E-state index contributed by atoms with van der Waals surface area (Å²) in [6.45, 7) is 24.2. The Balaban J connectivity index is 1.89. The van der Waals surface area contributed by atoms with Gasteiger partial charge in [0.2, 0.25) is 0 Å². The van der Waals surface area contributed by atoms with Gasteiger partial charge in [-0.3, -0.25) is 0 Å². The average molecular weight is 559 g/mol. The summed E-state index contributed by atoms with van der Waals surface area (Å²) in [6.07, 6.45) is 17.8. The summed E-state index contributed by atoms with van der Waals surface area (Å²) in [5, 5.41) is 22.0. The van der Waals surface area contributed by atoms with E-state index in [-0.39, 0.29) is 11.1 Å². The van der Waals surface area contributed by atoms with Gasteiger partial charge in [0.1, 0.15) is 4.93 Å². The highest BCUT2D eigenvalue weighted by Crippen LogP contribution is 2.55. The molecule has 0 bridgehead atoms. The lowest BCUT2D eigenvalue weighted by atomic mass is 9.64. The van der Waals surface area contributed by atoms with Crippen molar-refractivity contribution < 1.29 is 14.6 Å². The van der Waals surface area contributed by atoms with Crippen molar-refractivity contribution in [2.75, 3.05) is 5.75 Å². The molecule has 2 saturated carbocycles. The first-order chi connectivity index (χ1) is 17.4. The highest BCUT2D eigenvalue weighted by atomic mass is 32.2. The van der Waals surface area contributed by atoms with Crippen LogP contribution in [0.4, 0.5) is 0 Å². The van der Waals surface area contributed by atoms with Gasteiger partial charge in [0.25, 0.3) is 0 Å². The molecule has 0 radical (unpaired) electrons. The first-order valence-electron chi connectivity index (χ1n) is 14.6. The van der Waals surface area contributed by atoms with Crippen LogP contribution < -0.4 is 0 Å². The van der Waals surface area contributed by atoms with Crippen LogP contribution in [0.1, 0.15) is 93.4 Å². The van der Waals surface area contributed by atoms with Gasteiger partial charge >= 0.3 is 0 Å². The minimum Gasteiger partial charge on any atom is -0.410 e. The highest BCUT2D eigenvalue weighted by molar-refractivity contribution is 8.00. The number of thioether (sulfide) groups is 1. The van der Waals surface area contributed by atoms with Crippen LogP contribution in [-0.2, 0) is 4.43 Å². The van der Waals surface area contributed by atoms with Crippen LogP contribution in [0.15, 0.2) is 59.3 Å². The zero-order valence-electron chi connectivity index (χ0n) is 25.6. The summed E-state index contributed by atoms with van der Waals surface area (Å²) in [4.78, 5) is -0.937. The molecule has 0 aromatic carbocycles. The van der Waals surface area contributed by atoms with Crippen LogP contribution in [0.2, 0.25) is 18.1 Å². The van der Waals surface area contributed by atoms with Crippen molar-refractivity contribution in [2.24, 2.45) is 11.3 Å². The van der Waals surface area contributed by atoms with Crippen LogP contribution in [0.5, 0.6) is 0 Å². The first-order valence-corrected chi connectivity index (χ1v) is 18.5. The number of allylic oxidation sites excluding steroid dienone is 5. The third kappa shape index (κ3) is 7.26. The number of aliphatic hydroxyl groups is 2. The Kier molecular flexibility index (Phi) is 9.64. The minimum absolute atomic E-state index is 0.0797. The smallest absolute Gasteiger partial charge is 0.192 e. The van der Waals surface area contributed by atoms with Crippen LogP contribution in [-0.4, -0.2) is 40.9 Å². The van der Waals surface area contributed by atoms with Gasteiger partial charge in [-0.15, -0.1) is 11.8 Å². The molecule has 3 aliphatic rings. The zero-order valence-corrected chi connectivity index (χ0v) is 27.4. The summed E-state index contributed by atoms with van der Waals surface area (Å²) in [5.74, 6) is 1.24. The van der Waals surface area contributed by atoms with Crippen molar-refractivity contribution in [2.45, 2.75) is 128 Å². The van der Waals surface area contributed by atoms with Gasteiger partial charge in [0.05, 0.1) is 11.7 Å². The predicted octanol–water partition coefficient (Wildman–Crippen LogP) is 8.88. The van der Waals surface area contributed by atoms with Gasteiger partial charge in [0.15, 0.2) is 8.32 Å². The third-order valence-corrected chi connectivity index (χ3v) is 15.3. The Morgan fingerprint density at radius 3 is 2.50 bits per heavy atom. The van der Waals surface area contributed by atoms with E-state index in [0.717, 1.165) is 30.4 Å². The molecule has 2 fully saturated rings. The summed E-state index contributed by atoms with van der Waals surface area (Å²) in [5.41, 5.74) is 4.78. The fraction of sp³-hybridized carbons (Fsp3) is 0.697. The lowest BCUT2D eigenvalue weighted by molar-refractivity contribution is 0.0650. The molecule has 0 aliphatic heterocycles. The van der Waals surface area contributed by atoms with Crippen molar-refractivity contribution in [3.63, 3.8) is 0 Å². The second-order valence-electron chi connectivity index (χ2n) is 14.2. The maximum absolute atomic E-state index is 11.8. The zero-order chi connectivity index (χ0) is 28.6. The van der Waals surface area contributed by atoms with Crippen LogP contribution in [0.25, 0.3) is 0 Å². The van der Waals surface area contributed by atoms with Crippen molar-refractivity contribution in [3.05, 3.63) is 59.3 Å². The van der Waals surface area contributed by atoms with Gasteiger partial charge in [-0.25, -0.2) is 0 Å². The molecule has 0 spiro atoms. The van der Waals surface area contributed by atoms with E-state index in [1.54, 1.807) is 42.8 Å². The van der Waals surface area contributed by atoms with E-state index >= 15 is 0 Å². The largest absolute Gasteiger partial charge is 0.410 e. The average Bonchev–Trinajstić information content (AvgIpc) is 3.13. The molecule has 214 valence electrons. The monoisotopic (exact) mass is 558 g/mol. The Morgan fingerprint density at radius 1 is 1.21 bits per heavy atom. The summed E-state index contributed by atoms with van der Waals surface area (Å²) < 4.78 is 6.89. The Hall–Kier alpha value is -0.853. The SMILES string of the molecule is C=C1C(=CC=C2CCC[C@]3(C)C(CC)=CC[C@@H]23)C[C@](O)(SCC=CC(C)(C)O)C[C@@H]1O[Si](C)(C)C(C)(C)C. The molecule has 0 heterocycles. The Labute approximate surface area is 238 Å². The predicted molar refractivity (Wildman–Crippen MR) is 168 cm³/mol. The van der Waals surface area contributed by atoms with Crippen LogP contribution >= 0.6 is 11.8 Å². The number of rotatable bonds is 8. The molecule has 5 heteroatoms. The molecule has 2 N–H and O–H groups in total. The normalized spacial score (nSPS) is 33.3. The molecule has 0 unspecified atom stereocenters. The van der Waals surface area contributed by atoms with Gasteiger partial charge in [-0.1, -0.05) is 82.7 Å². The molecule has 0 aromatic heterocycles. The molecule has 4 atom stereocenters. The Morgan fingerprint density at radius 2 is 1.89 bits per heavy atom. The molecule has 3 nitrogen and oxygen atoms in total. The second kappa shape index (κ2) is 11.6. The van der Waals surface area contributed by atoms with E-state index in [9.17, 15) is 10.2 Å². The maximum atomic E-state index is 11.8. The molecule has 3 rings (SSSR count). The highest BCUT2D eigenvalue weighted by Gasteiger charge is 2.46. The topological polar surface area (TPSA) is 49.7 Å². The van der Waals surface area contributed by atoms with E-state index in [0.29, 0.717) is 29.9 Å². The van der Waals surface area contributed by atoms with Crippen molar-refractivity contribution in [3.8, 4) is 0 Å². The molecular weight excluding hydrogens is 505 g/mol. The minimum atomic E-state index is -2.06. The van der Waals surface area contributed by atoms with Gasteiger partial charge in [0, 0.05) is 18.6 Å². The summed E-state index contributed by atoms with van der Waals surface area (Å²) in [7, 11) is -2.06. The van der Waals surface area contributed by atoms with E-state index in [4.69, 9.17) is 4.43 Å². The van der Waals surface area contributed by atoms with Gasteiger partial charge in [-0.05, 0) is 86.6 Å². The maximum Gasteiger partial charge on any atom is 0.192 e.